The van der Waals surface area contributed by atoms with Gasteiger partial charge in [0.1, 0.15) is 5.75 Å². The van der Waals surface area contributed by atoms with Gasteiger partial charge in [-0.2, -0.15) is 0 Å². The minimum Gasteiger partial charge on any atom is -0.497 e. The number of benzene rings is 8. The Morgan fingerprint density at radius 1 is 0.316 bits per heavy atom. The van der Waals surface area contributed by atoms with Crippen molar-refractivity contribution in [2.45, 2.75) is 13.0 Å². The zero-order chi connectivity index (χ0) is 38.8. The molecule has 0 aliphatic carbocycles. The van der Waals surface area contributed by atoms with Crippen LogP contribution in [0.3, 0.4) is 0 Å². The van der Waals surface area contributed by atoms with E-state index in [2.05, 4.69) is 194 Å². The fourth-order valence-corrected chi connectivity index (χ4v) is 7.59. The predicted octanol–water partition coefficient (Wildman–Crippen LogP) is 12.8. The van der Waals surface area contributed by atoms with Crippen molar-refractivity contribution in [3.63, 3.8) is 0 Å². The highest BCUT2D eigenvalue weighted by Gasteiger charge is 2.18. The number of methoxy groups -OCH3 is 1. The first-order valence-corrected chi connectivity index (χ1v) is 19.4. The average molecular weight is 737 g/mol. The van der Waals surface area contributed by atoms with E-state index in [9.17, 15) is 5.11 Å². The zero-order valence-electron chi connectivity index (χ0n) is 32.1. The summed E-state index contributed by atoms with van der Waals surface area (Å²) in [5.74, 6) is 0.835. The topological polar surface area (TPSA) is 29.5 Å². The summed E-state index contributed by atoms with van der Waals surface area (Å²) in [5, 5.41) is 9.77. The van der Waals surface area contributed by atoms with E-state index in [4.69, 9.17) is 4.74 Å². The van der Waals surface area contributed by atoms with Crippen molar-refractivity contribution in [2.24, 2.45) is 0 Å². The Bertz CT molecular complexity index is 2390. The van der Waals surface area contributed by atoms with Crippen LogP contribution < -0.4 is 4.74 Å². The maximum atomic E-state index is 9.77. The van der Waals surface area contributed by atoms with E-state index >= 15 is 0 Å². The molecule has 0 aliphatic rings. The Hall–Kier alpha value is -7.00. The minimum absolute atomic E-state index is 0.0176. The van der Waals surface area contributed by atoms with Crippen molar-refractivity contribution in [1.29, 1.82) is 0 Å². The van der Waals surface area contributed by atoms with Crippen LogP contribution in [0.1, 0.15) is 61.2 Å². The molecule has 57 heavy (non-hydrogen) atoms. The van der Waals surface area contributed by atoms with Crippen LogP contribution in [-0.4, -0.2) is 12.2 Å². The monoisotopic (exact) mass is 736 g/mol. The van der Waals surface area contributed by atoms with Gasteiger partial charge in [-0.15, -0.1) is 0 Å². The van der Waals surface area contributed by atoms with Crippen LogP contribution in [0.2, 0.25) is 0 Å². The number of hydrogen-bond donors (Lipinski definition) is 1. The van der Waals surface area contributed by atoms with Crippen molar-refractivity contribution in [3.05, 3.63) is 280 Å². The fraction of sp³-hybridized carbons (Fsp3) is 0.0545. The van der Waals surface area contributed by atoms with Gasteiger partial charge in [0.15, 0.2) is 0 Å². The van der Waals surface area contributed by atoms with E-state index < -0.39 is 0 Å². The van der Waals surface area contributed by atoms with E-state index in [0.717, 1.165) is 67.8 Å². The standard InChI is InChI=1S/C55H44O2/c1-57-51-36-34-50(35-37-51)55(46-20-12-5-13-21-46)53(44-16-8-3-9-17-44)48-30-24-41(25-31-48)38-40-22-28-47(29-23-40)52(43-14-6-2-7-15-43)54(45-18-10-4-11-19-45)49-32-26-42(39-56)27-33-49/h2-37,56H,38-39H2,1H3/b54-52+,55-53+. The summed E-state index contributed by atoms with van der Waals surface area (Å²) in [7, 11) is 1.70. The predicted molar refractivity (Wildman–Crippen MR) is 237 cm³/mol. The first kappa shape index (κ1) is 36.9. The van der Waals surface area contributed by atoms with Crippen LogP contribution in [0.15, 0.2) is 218 Å². The van der Waals surface area contributed by atoms with E-state index in [1.807, 2.05) is 24.3 Å². The second-order valence-electron chi connectivity index (χ2n) is 14.1. The third kappa shape index (κ3) is 8.48. The molecule has 0 spiro atoms. The van der Waals surface area contributed by atoms with E-state index in [-0.39, 0.29) is 6.61 Å². The summed E-state index contributed by atoms with van der Waals surface area (Å²) in [6.45, 7) is 0.0176. The van der Waals surface area contributed by atoms with E-state index in [1.54, 1.807) is 7.11 Å². The molecule has 0 aliphatic heterocycles. The molecule has 2 heteroatoms. The summed E-state index contributed by atoms with van der Waals surface area (Å²) >= 11 is 0. The lowest BCUT2D eigenvalue weighted by atomic mass is 9.85. The molecular weight excluding hydrogens is 693 g/mol. The number of aliphatic hydroxyl groups excluding tert-OH is 1. The van der Waals surface area contributed by atoms with Crippen LogP contribution >= 0.6 is 0 Å². The molecule has 8 aromatic carbocycles. The van der Waals surface area contributed by atoms with Gasteiger partial charge in [0.2, 0.25) is 0 Å². The average Bonchev–Trinajstić information content (AvgIpc) is 3.29. The van der Waals surface area contributed by atoms with Gasteiger partial charge in [0.25, 0.3) is 0 Å². The van der Waals surface area contributed by atoms with Crippen molar-refractivity contribution >= 4 is 22.3 Å². The molecule has 0 amide bonds. The maximum Gasteiger partial charge on any atom is 0.118 e. The minimum atomic E-state index is 0.0176. The quantitative estimate of drug-likeness (QED) is 0.127. The summed E-state index contributed by atoms with van der Waals surface area (Å²) < 4.78 is 5.51. The Balaban J connectivity index is 1.17. The SMILES string of the molecule is COc1ccc(/C(=C(\c2ccccc2)c2ccc(Cc3ccc(/C(=C(\c4ccccc4)c4ccc(CO)cc4)c4ccccc4)cc3)cc2)c2ccccc2)cc1. The molecule has 0 aromatic heterocycles. The molecule has 8 aromatic rings. The fourth-order valence-electron chi connectivity index (χ4n) is 7.59. The molecule has 2 nitrogen and oxygen atoms in total. The third-order valence-electron chi connectivity index (χ3n) is 10.4. The first-order valence-electron chi connectivity index (χ1n) is 19.4. The summed E-state index contributed by atoms with van der Waals surface area (Å²) in [6.07, 6.45) is 0.813. The third-order valence-corrected chi connectivity index (χ3v) is 10.4. The van der Waals surface area contributed by atoms with Crippen molar-refractivity contribution < 1.29 is 9.84 Å². The molecule has 8 rings (SSSR count). The normalized spacial score (nSPS) is 12.0. The van der Waals surface area contributed by atoms with Crippen LogP contribution in [0.5, 0.6) is 5.75 Å². The first-order chi connectivity index (χ1) is 28.2. The molecule has 276 valence electrons. The summed E-state index contributed by atoms with van der Waals surface area (Å²) in [4.78, 5) is 0. The van der Waals surface area contributed by atoms with Gasteiger partial charge in [0.05, 0.1) is 13.7 Å². The number of aliphatic hydroxyl groups is 1. The molecule has 0 radical (unpaired) electrons. The molecule has 0 heterocycles. The molecular formula is C55H44O2. The van der Waals surface area contributed by atoms with Gasteiger partial charge in [0, 0.05) is 0 Å². The molecule has 0 atom stereocenters. The molecule has 0 bridgehead atoms. The zero-order valence-corrected chi connectivity index (χ0v) is 32.1. The molecule has 0 fully saturated rings. The van der Waals surface area contributed by atoms with Crippen molar-refractivity contribution in [1.82, 2.24) is 0 Å². The number of hydrogen-bond acceptors (Lipinski definition) is 2. The van der Waals surface area contributed by atoms with E-state index in [0.29, 0.717) is 0 Å². The molecule has 1 N–H and O–H groups in total. The molecule has 0 unspecified atom stereocenters. The Morgan fingerprint density at radius 3 is 0.825 bits per heavy atom. The summed E-state index contributed by atoms with van der Waals surface area (Å²) in [6, 6.07) is 77.3. The van der Waals surface area contributed by atoms with Gasteiger partial charge in [-0.25, -0.2) is 0 Å². The van der Waals surface area contributed by atoms with Crippen molar-refractivity contribution in [2.75, 3.05) is 7.11 Å². The largest absolute Gasteiger partial charge is 0.497 e. The molecule has 0 saturated heterocycles. The maximum absolute atomic E-state index is 9.77. The van der Waals surface area contributed by atoms with Gasteiger partial charge in [-0.3, -0.25) is 0 Å². The Kier molecular flexibility index (Phi) is 11.4. The van der Waals surface area contributed by atoms with Crippen LogP contribution in [-0.2, 0) is 13.0 Å². The van der Waals surface area contributed by atoms with Gasteiger partial charge in [-0.05, 0) is 102 Å². The van der Waals surface area contributed by atoms with E-state index in [1.165, 1.54) is 27.8 Å². The highest BCUT2D eigenvalue weighted by molar-refractivity contribution is 6.05. The highest BCUT2D eigenvalue weighted by atomic mass is 16.5. The lowest BCUT2D eigenvalue weighted by Gasteiger charge is -2.19. The lowest BCUT2D eigenvalue weighted by molar-refractivity contribution is 0.282. The van der Waals surface area contributed by atoms with Crippen LogP contribution in [0.25, 0.3) is 22.3 Å². The summed E-state index contributed by atoms with van der Waals surface area (Å²) in [5.41, 5.74) is 17.2. The second-order valence-corrected chi connectivity index (χ2v) is 14.1. The van der Waals surface area contributed by atoms with Crippen LogP contribution in [0.4, 0.5) is 0 Å². The smallest absolute Gasteiger partial charge is 0.118 e. The Morgan fingerprint density at radius 2 is 0.561 bits per heavy atom. The van der Waals surface area contributed by atoms with Crippen molar-refractivity contribution in [3.8, 4) is 5.75 Å². The second kappa shape index (κ2) is 17.6. The Labute approximate surface area is 336 Å². The van der Waals surface area contributed by atoms with Gasteiger partial charge >= 0.3 is 0 Å². The highest BCUT2D eigenvalue weighted by Crippen LogP contribution is 2.39. The van der Waals surface area contributed by atoms with Gasteiger partial charge in [-0.1, -0.05) is 206 Å². The van der Waals surface area contributed by atoms with Gasteiger partial charge < -0.3 is 9.84 Å². The number of rotatable bonds is 12. The lowest BCUT2D eigenvalue weighted by Crippen LogP contribution is -1.99. The van der Waals surface area contributed by atoms with Crippen LogP contribution in [0, 0.1) is 0 Å². The molecule has 0 saturated carbocycles. The number of ether oxygens (including phenoxy) is 1.